The first-order valence-corrected chi connectivity index (χ1v) is 7.29. The lowest BCUT2D eigenvalue weighted by molar-refractivity contribution is 0.274. The van der Waals surface area contributed by atoms with Gasteiger partial charge >= 0.3 is 0 Å². The standard InChI is InChI=1S/C16H14BrF2N/c17-14-6-11(4-5-15(14)19)8-16(9-20-10-16)12-2-1-3-13(18)7-12/h1-7,20H,8-10H2. The molecule has 2 aromatic rings. The Kier molecular flexibility index (Phi) is 3.61. The molecular formula is C16H14BrF2N. The number of halogens is 3. The van der Waals surface area contributed by atoms with Gasteiger partial charge in [-0.15, -0.1) is 0 Å². The van der Waals surface area contributed by atoms with E-state index in [0.29, 0.717) is 4.47 Å². The fraction of sp³-hybridized carbons (Fsp3) is 0.250. The molecule has 4 heteroatoms. The molecule has 1 heterocycles. The van der Waals surface area contributed by atoms with Crippen LogP contribution in [0.3, 0.4) is 0 Å². The van der Waals surface area contributed by atoms with E-state index < -0.39 is 0 Å². The lowest BCUT2D eigenvalue weighted by Gasteiger charge is -2.43. The van der Waals surface area contributed by atoms with Gasteiger partial charge in [0.25, 0.3) is 0 Å². The van der Waals surface area contributed by atoms with Gasteiger partial charge in [0.15, 0.2) is 0 Å². The molecule has 0 radical (unpaired) electrons. The largest absolute Gasteiger partial charge is 0.315 e. The highest BCUT2D eigenvalue weighted by molar-refractivity contribution is 9.10. The van der Waals surface area contributed by atoms with Crippen molar-refractivity contribution in [1.82, 2.24) is 5.32 Å². The Morgan fingerprint density at radius 1 is 1.10 bits per heavy atom. The molecule has 3 rings (SSSR count). The Labute approximate surface area is 125 Å². The van der Waals surface area contributed by atoms with Crippen LogP contribution in [0.15, 0.2) is 46.9 Å². The molecule has 1 saturated heterocycles. The summed E-state index contributed by atoms with van der Waals surface area (Å²) >= 11 is 3.21. The Bertz CT molecular complexity index is 638. The van der Waals surface area contributed by atoms with E-state index in [2.05, 4.69) is 21.2 Å². The second-order valence-electron chi connectivity index (χ2n) is 5.32. The van der Waals surface area contributed by atoms with Crippen molar-refractivity contribution < 1.29 is 8.78 Å². The zero-order valence-corrected chi connectivity index (χ0v) is 12.4. The maximum atomic E-state index is 13.4. The van der Waals surface area contributed by atoms with E-state index in [1.54, 1.807) is 24.3 Å². The number of benzene rings is 2. The third-order valence-corrected chi connectivity index (χ3v) is 4.50. The van der Waals surface area contributed by atoms with E-state index in [9.17, 15) is 8.78 Å². The van der Waals surface area contributed by atoms with Crippen molar-refractivity contribution in [3.8, 4) is 0 Å². The second-order valence-corrected chi connectivity index (χ2v) is 6.17. The number of nitrogens with one attached hydrogen (secondary N) is 1. The van der Waals surface area contributed by atoms with Gasteiger partial charge in [0.2, 0.25) is 0 Å². The molecule has 0 unspecified atom stereocenters. The summed E-state index contributed by atoms with van der Waals surface area (Å²) in [5.41, 5.74) is 1.94. The van der Waals surface area contributed by atoms with E-state index in [1.165, 1.54) is 12.1 Å². The average Bonchev–Trinajstić information content (AvgIpc) is 2.38. The van der Waals surface area contributed by atoms with Crippen LogP contribution < -0.4 is 5.32 Å². The molecule has 2 aromatic carbocycles. The summed E-state index contributed by atoms with van der Waals surface area (Å²) in [6.07, 6.45) is 0.766. The average molecular weight is 338 g/mol. The van der Waals surface area contributed by atoms with E-state index in [4.69, 9.17) is 0 Å². The third kappa shape index (κ3) is 2.50. The van der Waals surface area contributed by atoms with E-state index in [1.807, 2.05) is 6.07 Å². The van der Waals surface area contributed by atoms with Crippen molar-refractivity contribution in [1.29, 1.82) is 0 Å². The minimum atomic E-state index is -0.264. The van der Waals surface area contributed by atoms with E-state index >= 15 is 0 Å². The molecule has 104 valence electrons. The molecule has 0 saturated carbocycles. The molecule has 0 amide bonds. The molecule has 0 spiro atoms. The molecule has 1 aliphatic heterocycles. The van der Waals surface area contributed by atoms with Gasteiger partial charge in [0.1, 0.15) is 11.6 Å². The number of rotatable bonds is 3. The SMILES string of the molecule is Fc1cccc(C2(Cc3ccc(F)c(Br)c3)CNC2)c1. The van der Waals surface area contributed by atoms with Gasteiger partial charge in [0, 0.05) is 18.5 Å². The fourth-order valence-electron chi connectivity index (χ4n) is 2.72. The topological polar surface area (TPSA) is 12.0 Å². The summed E-state index contributed by atoms with van der Waals surface area (Å²) < 4.78 is 27.2. The van der Waals surface area contributed by atoms with Crippen LogP contribution in [-0.4, -0.2) is 13.1 Å². The second kappa shape index (κ2) is 5.26. The predicted molar refractivity (Wildman–Crippen MR) is 78.8 cm³/mol. The van der Waals surface area contributed by atoms with Crippen molar-refractivity contribution in [2.75, 3.05) is 13.1 Å². The van der Waals surface area contributed by atoms with Crippen LogP contribution in [0.5, 0.6) is 0 Å². The summed E-state index contributed by atoms with van der Waals surface area (Å²) in [5.74, 6) is -0.477. The summed E-state index contributed by atoms with van der Waals surface area (Å²) in [4.78, 5) is 0. The summed E-state index contributed by atoms with van der Waals surface area (Å²) in [6.45, 7) is 1.62. The molecule has 0 bridgehead atoms. The van der Waals surface area contributed by atoms with Crippen LogP contribution in [-0.2, 0) is 11.8 Å². The molecule has 1 N–H and O–H groups in total. The highest BCUT2D eigenvalue weighted by Crippen LogP contribution is 2.33. The van der Waals surface area contributed by atoms with Crippen molar-refractivity contribution in [2.24, 2.45) is 0 Å². The molecule has 0 aliphatic carbocycles. The van der Waals surface area contributed by atoms with Crippen molar-refractivity contribution in [3.63, 3.8) is 0 Å². The van der Waals surface area contributed by atoms with Crippen LogP contribution in [0.1, 0.15) is 11.1 Å². The predicted octanol–water partition coefficient (Wildman–Crippen LogP) is 3.81. The van der Waals surface area contributed by atoms with Crippen LogP contribution in [0.2, 0.25) is 0 Å². The summed E-state index contributed by atoms with van der Waals surface area (Å²) in [6, 6.07) is 11.8. The molecule has 1 aliphatic rings. The molecule has 0 aromatic heterocycles. The van der Waals surface area contributed by atoms with Crippen LogP contribution >= 0.6 is 15.9 Å². The summed E-state index contributed by atoms with van der Waals surface area (Å²) in [7, 11) is 0. The van der Waals surface area contributed by atoms with Crippen molar-refractivity contribution >= 4 is 15.9 Å². The minimum Gasteiger partial charge on any atom is -0.315 e. The third-order valence-electron chi connectivity index (χ3n) is 3.89. The lowest BCUT2D eigenvalue weighted by Crippen LogP contribution is -2.58. The van der Waals surface area contributed by atoms with Gasteiger partial charge in [-0.05, 0) is 57.7 Å². The zero-order valence-electron chi connectivity index (χ0n) is 10.8. The monoisotopic (exact) mass is 337 g/mol. The first-order valence-electron chi connectivity index (χ1n) is 6.50. The first-order chi connectivity index (χ1) is 9.59. The van der Waals surface area contributed by atoms with Gasteiger partial charge in [-0.1, -0.05) is 18.2 Å². The van der Waals surface area contributed by atoms with Crippen molar-refractivity contribution in [3.05, 3.63) is 69.7 Å². The van der Waals surface area contributed by atoms with Crippen LogP contribution in [0.4, 0.5) is 8.78 Å². The molecular weight excluding hydrogens is 324 g/mol. The summed E-state index contributed by atoms with van der Waals surface area (Å²) in [5, 5.41) is 3.26. The number of hydrogen-bond acceptors (Lipinski definition) is 1. The van der Waals surface area contributed by atoms with E-state index in [0.717, 1.165) is 30.6 Å². The zero-order chi connectivity index (χ0) is 14.2. The first kappa shape index (κ1) is 13.7. The van der Waals surface area contributed by atoms with Crippen LogP contribution in [0, 0.1) is 11.6 Å². The normalized spacial score (nSPS) is 16.8. The Morgan fingerprint density at radius 2 is 1.90 bits per heavy atom. The van der Waals surface area contributed by atoms with Crippen LogP contribution in [0.25, 0.3) is 0 Å². The lowest BCUT2D eigenvalue weighted by atomic mass is 9.71. The quantitative estimate of drug-likeness (QED) is 0.897. The molecule has 20 heavy (non-hydrogen) atoms. The van der Waals surface area contributed by atoms with Gasteiger partial charge in [0.05, 0.1) is 4.47 Å². The molecule has 0 atom stereocenters. The maximum absolute atomic E-state index is 13.4. The highest BCUT2D eigenvalue weighted by Gasteiger charge is 2.38. The van der Waals surface area contributed by atoms with Gasteiger partial charge in [-0.25, -0.2) is 8.78 Å². The van der Waals surface area contributed by atoms with E-state index in [-0.39, 0.29) is 17.0 Å². The molecule has 1 nitrogen and oxygen atoms in total. The Morgan fingerprint density at radius 3 is 2.50 bits per heavy atom. The highest BCUT2D eigenvalue weighted by atomic mass is 79.9. The number of hydrogen-bond donors (Lipinski definition) is 1. The maximum Gasteiger partial charge on any atom is 0.137 e. The fourth-order valence-corrected chi connectivity index (χ4v) is 3.14. The van der Waals surface area contributed by atoms with Crippen molar-refractivity contribution in [2.45, 2.75) is 11.8 Å². The van der Waals surface area contributed by atoms with Gasteiger partial charge < -0.3 is 5.32 Å². The Balaban J connectivity index is 1.91. The minimum absolute atomic E-state index is 0.0978. The Hall–Kier alpha value is -1.26. The smallest absolute Gasteiger partial charge is 0.137 e. The van der Waals surface area contributed by atoms with Gasteiger partial charge in [-0.2, -0.15) is 0 Å². The molecule has 1 fully saturated rings. The van der Waals surface area contributed by atoms with Gasteiger partial charge in [-0.3, -0.25) is 0 Å².